The average Bonchev–Trinajstić information content (AvgIpc) is 2.89. The summed E-state index contributed by atoms with van der Waals surface area (Å²) in [7, 11) is 1.51. The lowest BCUT2D eigenvalue weighted by atomic mass is 10.2. The van der Waals surface area contributed by atoms with Crippen molar-refractivity contribution in [1.29, 1.82) is 0 Å². The summed E-state index contributed by atoms with van der Waals surface area (Å²) in [4.78, 5) is 28.8. The molecule has 8 nitrogen and oxygen atoms in total. The van der Waals surface area contributed by atoms with Crippen LogP contribution in [0.3, 0.4) is 0 Å². The van der Waals surface area contributed by atoms with E-state index in [1.165, 1.54) is 11.9 Å². The first-order valence-electron chi connectivity index (χ1n) is 6.28. The van der Waals surface area contributed by atoms with Crippen molar-refractivity contribution in [3.8, 4) is 5.75 Å². The minimum Gasteiger partial charge on any atom is -0.502 e. The lowest BCUT2D eigenvalue weighted by Gasteiger charge is -2.13. The van der Waals surface area contributed by atoms with E-state index in [9.17, 15) is 9.59 Å². The zero-order valence-electron chi connectivity index (χ0n) is 11.9. The highest BCUT2D eigenvalue weighted by atomic mass is 16.5. The lowest BCUT2D eigenvalue weighted by molar-refractivity contribution is 0.0734. The van der Waals surface area contributed by atoms with Gasteiger partial charge in [-0.3, -0.25) is 9.59 Å². The molecular formula is C13H15N3O5. The number of nitrogens with zero attached hydrogens (tertiary/aromatic N) is 3. The molecule has 0 radical (unpaired) electrons. The highest BCUT2D eigenvalue weighted by Crippen LogP contribution is 2.12. The van der Waals surface area contributed by atoms with Crippen LogP contribution in [0.25, 0.3) is 0 Å². The number of aromatic nitrogens is 2. The van der Waals surface area contributed by atoms with Gasteiger partial charge >= 0.3 is 0 Å². The van der Waals surface area contributed by atoms with Gasteiger partial charge in [-0.05, 0) is 0 Å². The quantitative estimate of drug-likeness (QED) is 0.899. The van der Waals surface area contributed by atoms with Crippen molar-refractivity contribution in [2.75, 3.05) is 7.05 Å². The van der Waals surface area contributed by atoms with E-state index in [0.29, 0.717) is 5.82 Å². The SMILES string of the molecule is CC(C)c1noc(CN(C)C(=O)c2cc(=O)c(O)co2)n1. The third-order valence-electron chi connectivity index (χ3n) is 2.74. The summed E-state index contributed by atoms with van der Waals surface area (Å²) in [6, 6.07) is 0.932. The third kappa shape index (κ3) is 3.28. The number of aromatic hydroxyl groups is 1. The molecule has 0 saturated heterocycles. The average molecular weight is 293 g/mol. The summed E-state index contributed by atoms with van der Waals surface area (Å²) in [6.45, 7) is 3.94. The maximum Gasteiger partial charge on any atom is 0.289 e. The Labute approximate surface area is 120 Å². The fraction of sp³-hybridized carbons (Fsp3) is 0.385. The van der Waals surface area contributed by atoms with E-state index in [-0.39, 0.29) is 24.1 Å². The predicted octanol–water partition coefficient (Wildman–Crippen LogP) is 1.12. The minimum atomic E-state index is -0.683. The second-order valence-corrected chi connectivity index (χ2v) is 4.86. The van der Waals surface area contributed by atoms with Crippen molar-refractivity contribution in [3.63, 3.8) is 0 Å². The summed E-state index contributed by atoms with van der Waals surface area (Å²) in [6.07, 6.45) is 0.826. The highest BCUT2D eigenvalue weighted by Gasteiger charge is 2.19. The summed E-state index contributed by atoms with van der Waals surface area (Å²) in [5.74, 6) is -0.288. The van der Waals surface area contributed by atoms with Gasteiger partial charge in [-0.2, -0.15) is 4.98 Å². The van der Waals surface area contributed by atoms with Crippen molar-refractivity contribution < 1.29 is 18.8 Å². The molecule has 1 N–H and O–H groups in total. The molecule has 2 rings (SSSR count). The van der Waals surface area contributed by atoms with Crippen LogP contribution in [0.15, 0.2) is 26.1 Å². The molecule has 0 aromatic carbocycles. The summed E-state index contributed by atoms with van der Waals surface area (Å²) < 4.78 is 9.93. The molecule has 0 aliphatic rings. The minimum absolute atomic E-state index is 0.0864. The van der Waals surface area contributed by atoms with E-state index >= 15 is 0 Å². The Hall–Kier alpha value is -2.64. The molecule has 0 unspecified atom stereocenters. The van der Waals surface area contributed by atoms with Crippen LogP contribution in [0, 0.1) is 0 Å². The molecule has 0 saturated carbocycles. The van der Waals surface area contributed by atoms with E-state index < -0.39 is 17.1 Å². The monoisotopic (exact) mass is 293 g/mol. The van der Waals surface area contributed by atoms with Crippen molar-refractivity contribution in [2.24, 2.45) is 0 Å². The molecule has 8 heteroatoms. The fourth-order valence-corrected chi connectivity index (χ4v) is 1.55. The molecule has 2 aromatic rings. The van der Waals surface area contributed by atoms with Crippen LogP contribution < -0.4 is 5.43 Å². The number of carbonyl (C=O) groups excluding carboxylic acids is 1. The molecule has 0 fully saturated rings. The van der Waals surface area contributed by atoms with Gasteiger partial charge in [0.1, 0.15) is 12.8 Å². The molecule has 112 valence electrons. The lowest BCUT2D eigenvalue weighted by Crippen LogP contribution is -2.27. The molecule has 0 aliphatic heterocycles. The topological polar surface area (TPSA) is 110 Å². The Morgan fingerprint density at radius 2 is 2.19 bits per heavy atom. The van der Waals surface area contributed by atoms with Gasteiger partial charge in [0.2, 0.25) is 11.3 Å². The first-order valence-corrected chi connectivity index (χ1v) is 6.28. The smallest absolute Gasteiger partial charge is 0.289 e. The van der Waals surface area contributed by atoms with E-state index in [1.54, 1.807) is 0 Å². The van der Waals surface area contributed by atoms with Crippen LogP contribution in [0.5, 0.6) is 5.75 Å². The zero-order valence-corrected chi connectivity index (χ0v) is 11.9. The van der Waals surface area contributed by atoms with Crippen LogP contribution >= 0.6 is 0 Å². The molecule has 0 bridgehead atoms. The van der Waals surface area contributed by atoms with Crippen LogP contribution in [0.2, 0.25) is 0 Å². The van der Waals surface area contributed by atoms with Gasteiger partial charge in [0, 0.05) is 19.0 Å². The van der Waals surface area contributed by atoms with E-state index in [4.69, 9.17) is 14.0 Å². The fourth-order valence-electron chi connectivity index (χ4n) is 1.55. The Bertz CT molecular complexity index is 704. The molecular weight excluding hydrogens is 278 g/mol. The van der Waals surface area contributed by atoms with Gasteiger partial charge in [-0.1, -0.05) is 19.0 Å². The van der Waals surface area contributed by atoms with E-state index in [0.717, 1.165) is 12.3 Å². The van der Waals surface area contributed by atoms with Crippen molar-refractivity contribution >= 4 is 5.91 Å². The Balaban J connectivity index is 2.11. The second kappa shape index (κ2) is 5.78. The van der Waals surface area contributed by atoms with Gasteiger partial charge in [-0.25, -0.2) is 0 Å². The normalized spacial score (nSPS) is 10.9. The number of rotatable bonds is 4. The molecule has 0 spiro atoms. The molecule has 1 amide bonds. The van der Waals surface area contributed by atoms with Crippen LogP contribution in [0.4, 0.5) is 0 Å². The molecule has 2 aromatic heterocycles. The van der Waals surface area contributed by atoms with Crippen molar-refractivity contribution in [3.05, 3.63) is 40.0 Å². The number of hydrogen-bond donors (Lipinski definition) is 1. The summed E-state index contributed by atoms with van der Waals surface area (Å²) in [5, 5.41) is 12.9. The first-order chi connectivity index (χ1) is 9.88. The van der Waals surface area contributed by atoms with Gasteiger partial charge < -0.3 is 18.9 Å². The third-order valence-corrected chi connectivity index (χ3v) is 2.74. The zero-order chi connectivity index (χ0) is 15.6. The predicted molar refractivity (Wildman–Crippen MR) is 70.8 cm³/mol. The van der Waals surface area contributed by atoms with Crippen LogP contribution in [0.1, 0.15) is 42.0 Å². The van der Waals surface area contributed by atoms with Crippen LogP contribution in [-0.2, 0) is 6.54 Å². The molecule has 0 aliphatic carbocycles. The summed E-state index contributed by atoms with van der Waals surface area (Å²) >= 11 is 0. The number of amides is 1. The van der Waals surface area contributed by atoms with Gasteiger partial charge in [0.05, 0.1) is 0 Å². The molecule has 2 heterocycles. The molecule has 0 atom stereocenters. The van der Waals surface area contributed by atoms with Crippen molar-refractivity contribution in [1.82, 2.24) is 15.0 Å². The van der Waals surface area contributed by atoms with Gasteiger partial charge in [-0.15, -0.1) is 0 Å². The standard InChI is InChI=1S/C13H15N3O5/c1-7(2)12-14-11(21-15-12)5-16(3)13(19)10-4-8(17)9(18)6-20-10/h4,6-7,18H,5H2,1-3H3. The highest BCUT2D eigenvalue weighted by molar-refractivity contribution is 5.91. The van der Waals surface area contributed by atoms with Gasteiger partial charge in [0.15, 0.2) is 17.3 Å². The Morgan fingerprint density at radius 1 is 1.48 bits per heavy atom. The molecule has 21 heavy (non-hydrogen) atoms. The number of carbonyl (C=O) groups is 1. The van der Waals surface area contributed by atoms with E-state index in [2.05, 4.69) is 10.1 Å². The Kier molecular flexibility index (Phi) is 4.06. The summed E-state index contributed by atoms with van der Waals surface area (Å²) in [5.41, 5.74) is -0.683. The maximum atomic E-state index is 12.1. The van der Waals surface area contributed by atoms with E-state index in [1.807, 2.05) is 13.8 Å². The maximum absolute atomic E-state index is 12.1. The van der Waals surface area contributed by atoms with Gasteiger partial charge in [0.25, 0.3) is 5.91 Å². The second-order valence-electron chi connectivity index (χ2n) is 4.86. The van der Waals surface area contributed by atoms with Crippen LogP contribution in [-0.4, -0.2) is 33.1 Å². The largest absolute Gasteiger partial charge is 0.502 e. The first kappa shape index (κ1) is 14.8. The number of hydrogen-bond acceptors (Lipinski definition) is 7. The van der Waals surface area contributed by atoms with Crippen molar-refractivity contribution in [2.45, 2.75) is 26.3 Å². The Morgan fingerprint density at radius 3 is 2.76 bits per heavy atom.